The summed E-state index contributed by atoms with van der Waals surface area (Å²) in [4.78, 5) is 8.24. The average molecular weight is 246 g/mol. The highest BCUT2D eigenvalue weighted by Gasteiger charge is 2.02. The molecule has 2 aromatic rings. The molecule has 0 unspecified atom stereocenters. The first-order valence-electron chi connectivity index (χ1n) is 5.22. The second kappa shape index (κ2) is 5.05. The van der Waals surface area contributed by atoms with E-state index in [2.05, 4.69) is 35.1 Å². The third kappa shape index (κ3) is 3.35. The summed E-state index contributed by atoms with van der Waals surface area (Å²) < 4.78 is 0. The van der Waals surface area contributed by atoms with Crippen LogP contribution in [0.2, 0.25) is 0 Å². The van der Waals surface area contributed by atoms with Crippen LogP contribution in [-0.2, 0) is 5.75 Å². The summed E-state index contributed by atoms with van der Waals surface area (Å²) in [6, 6.07) is 9.89. The van der Waals surface area contributed by atoms with Crippen LogP contribution in [-0.4, -0.2) is 9.97 Å². The van der Waals surface area contributed by atoms with E-state index >= 15 is 0 Å². The Labute approximate surface area is 104 Å². The molecule has 0 spiro atoms. The first-order chi connectivity index (χ1) is 8.13. The molecular formula is C12H14N4S. The fraction of sp³-hybridized carbons (Fsp3) is 0.167. The minimum absolute atomic E-state index is 0.407. The molecule has 4 nitrogen and oxygen atoms in total. The second-order valence-corrected chi connectivity index (χ2v) is 4.72. The standard InChI is InChI=1S/C12H14N4S/c1-8-3-2-4-9(5-8)7-17-12-15-10(13)6-11(14)16-12/h2-6H,7H2,1H3,(H4,13,14,15,16). The number of benzene rings is 1. The number of nitrogens with two attached hydrogens (primary N) is 2. The normalized spacial score (nSPS) is 10.4. The van der Waals surface area contributed by atoms with Crippen molar-refractivity contribution < 1.29 is 0 Å². The van der Waals surface area contributed by atoms with E-state index in [4.69, 9.17) is 11.5 Å². The van der Waals surface area contributed by atoms with Crippen molar-refractivity contribution in [3.05, 3.63) is 41.5 Å². The van der Waals surface area contributed by atoms with Crippen LogP contribution in [0.5, 0.6) is 0 Å². The summed E-state index contributed by atoms with van der Waals surface area (Å²) in [7, 11) is 0. The number of nitrogen functional groups attached to an aromatic ring is 2. The van der Waals surface area contributed by atoms with Crippen molar-refractivity contribution in [2.45, 2.75) is 17.8 Å². The number of rotatable bonds is 3. The maximum atomic E-state index is 5.61. The van der Waals surface area contributed by atoms with Gasteiger partial charge in [-0.2, -0.15) is 0 Å². The molecule has 1 heterocycles. The molecule has 0 radical (unpaired) electrons. The Hall–Kier alpha value is -1.75. The minimum atomic E-state index is 0.407. The van der Waals surface area contributed by atoms with Crippen molar-refractivity contribution in [1.29, 1.82) is 0 Å². The fourth-order valence-corrected chi connectivity index (χ4v) is 2.29. The molecule has 0 aliphatic carbocycles. The summed E-state index contributed by atoms with van der Waals surface area (Å²) in [5.41, 5.74) is 13.7. The van der Waals surface area contributed by atoms with Crippen molar-refractivity contribution in [3.8, 4) is 0 Å². The summed E-state index contributed by atoms with van der Waals surface area (Å²) in [5.74, 6) is 1.62. The minimum Gasteiger partial charge on any atom is -0.383 e. The molecule has 17 heavy (non-hydrogen) atoms. The number of hydrogen-bond acceptors (Lipinski definition) is 5. The van der Waals surface area contributed by atoms with Crippen LogP contribution in [0, 0.1) is 6.92 Å². The molecule has 0 aliphatic rings. The van der Waals surface area contributed by atoms with Crippen molar-refractivity contribution in [2.24, 2.45) is 0 Å². The van der Waals surface area contributed by atoms with E-state index in [9.17, 15) is 0 Å². The van der Waals surface area contributed by atoms with E-state index in [1.54, 1.807) is 6.07 Å². The Morgan fingerprint density at radius 3 is 2.47 bits per heavy atom. The van der Waals surface area contributed by atoms with Gasteiger partial charge in [-0.15, -0.1) is 0 Å². The van der Waals surface area contributed by atoms with Crippen molar-refractivity contribution in [2.75, 3.05) is 11.5 Å². The summed E-state index contributed by atoms with van der Waals surface area (Å²) in [6.45, 7) is 2.07. The number of anilines is 2. The Kier molecular flexibility index (Phi) is 3.49. The lowest BCUT2D eigenvalue weighted by Crippen LogP contribution is -1.99. The lowest BCUT2D eigenvalue weighted by Gasteiger charge is -2.03. The highest BCUT2D eigenvalue weighted by atomic mass is 32.2. The van der Waals surface area contributed by atoms with Crippen LogP contribution in [0.4, 0.5) is 11.6 Å². The molecule has 88 valence electrons. The van der Waals surface area contributed by atoms with Gasteiger partial charge in [0.2, 0.25) is 0 Å². The van der Waals surface area contributed by atoms with Gasteiger partial charge in [-0.1, -0.05) is 41.6 Å². The smallest absolute Gasteiger partial charge is 0.191 e. The van der Waals surface area contributed by atoms with E-state index in [0.717, 1.165) is 5.75 Å². The van der Waals surface area contributed by atoms with Gasteiger partial charge < -0.3 is 11.5 Å². The van der Waals surface area contributed by atoms with Gasteiger partial charge >= 0.3 is 0 Å². The monoisotopic (exact) mass is 246 g/mol. The predicted molar refractivity (Wildman–Crippen MR) is 71.6 cm³/mol. The Morgan fingerprint density at radius 2 is 1.82 bits per heavy atom. The van der Waals surface area contributed by atoms with Gasteiger partial charge in [0, 0.05) is 11.8 Å². The fourth-order valence-electron chi connectivity index (χ4n) is 1.48. The van der Waals surface area contributed by atoms with E-state index in [1.165, 1.54) is 22.9 Å². The van der Waals surface area contributed by atoms with Gasteiger partial charge in [0.25, 0.3) is 0 Å². The van der Waals surface area contributed by atoms with Crippen LogP contribution in [0.1, 0.15) is 11.1 Å². The number of nitrogens with zero attached hydrogens (tertiary/aromatic N) is 2. The molecule has 0 saturated heterocycles. The van der Waals surface area contributed by atoms with Gasteiger partial charge in [-0.05, 0) is 12.5 Å². The van der Waals surface area contributed by atoms with Crippen molar-refractivity contribution in [1.82, 2.24) is 9.97 Å². The Balaban J connectivity index is 2.07. The largest absolute Gasteiger partial charge is 0.383 e. The maximum Gasteiger partial charge on any atom is 0.191 e. The lowest BCUT2D eigenvalue weighted by atomic mass is 10.2. The van der Waals surface area contributed by atoms with E-state index < -0.39 is 0 Å². The zero-order valence-corrected chi connectivity index (χ0v) is 10.4. The third-order valence-electron chi connectivity index (χ3n) is 2.20. The number of aryl methyl sites for hydroxylation is 1. The molecule has 0 aliphatic heterocycles. The zero-order valence-electron chi connectivity index (χ0n) is 9.55. The van der Waals surface area contributed by atoms with E-state index in [1.807, 2.05) is 6.07 Å². The third-order valence-corrected chi connectivity index (χ3v) is 3.11. The van der Waals surface area contributed by atoms with Crippen LogP contribution in [0.3, 0.4) is 0 Å². The lowest BCUT2D eigenvalue weighted by molar-refractivity contribution is 0.984. The van der Waals surface area contributed by atoms with Crippen molar-refractivity contribution in [3.63, 3.8) is 0 Å². The quantitative estimate of drug-likeness (QED) is 0.641. The average Bonchev–Trinajstić information content (AvgIpc) is 2.25. The van der Waals surface area contributed by atoms with Crippen LogP contribution >= 0.6 is 11.8 Å². The van der Waals surface area contributed by atoms with Crippen LogP contribution in [0.25, 0.3) is 0 Å². The molecule has 0 saturated carbocycles. The Bertz CT molecular complexity index is 507. The highest BCUT2D eigenvalue weighted by molar-refractivity contribution is 7.98. The predicted octanol–water partition coefficient (Wildman–Crippen LogP) is 2.24. The molecule has 0 amide bonds. The van der Waals surface area contributed by atoms with Gasteiger partial charge in [-0.25, -0.2) is 9.97 Å². The summed E-state index contributed by atoms with van der Waals surface area (Å²) in [6.07, 6.45) is 0. The van der Waals surface area contributed by atoms with Gasteiger partial charge in [0.15, 0.2) is 5.16 Å². The molecule has 2 rings (SSSR count). The van der Waals surface area contributed by atoms with Crippen LogP contribution in [0.15, 0.2) is 35.5 Å². The second-order valence-electron chi connectivity index (χ2n) is 3.78. The molecule has 5 heteroatoms. The molecule has 4 N–H and O–H groups in total. The first-order valence-corrected chi connectivity index (χ1v) is 6.20. The topological polar surface area (TPSA) is 77.8 Å². The van der Waals surface area contributed by atoms with Crippen molar-refractivity contribution >= 4 is 23.4 Å². The zero-order chi connectivity index (χ0) is 12.3. The summed E-state index contributed by atoms with van der Waals surface area (Å²) >= 11 is 1.53. The molecular weight excluding hydrogens is 232 g/mol. The Morgan fingerprint density at radius 1 is 1.12 bits per heavy atom. The van der Waals surface area contributed by atoms with Gasteiger partial charge in [0.05, 0.1) is 0 Å². The number of hydrogen-bond donors (Lipinski definition) is 2. The number of aromatic nitrogens is 2. The maximum absolute atomic E-state index is 5.61. The van der Waals surface area contributed by atoms with E-state index in [-0.39, 0.29) is 0 Å². The molecule has 1 aromatic heterocycles. The molecule has 0 fully saturated rings. The SMILES string of the molecule is Cc1cccc(CSc2nc(N)cc(N)n2)c1. The number of thioether (sulfide) groups is 1. The molecule has 1 aromatic carbocycles. The first kappa shape index (κ1) is 11.7. The molecule has 0 atom stereocenters. The van der Waals surface area contributed by atoms with E-state index in [0.29, 0.717) is 16.8 Å². The highest BCUT2D eigenvalue weighted by Crippen LogP contribution is 2.21. The van der Waals surface area contributed by atoms with Gasteiger partial charge in [-0.3, -0.25) is 0 Å². The summed E-state index contributed by atoms with van der Waals surface area (Å²) in [5, 5.41) is 0.615. The van der Waals surface area contributed by atoms with Gasteiger partial charge in [0.1, 0.15) is 11.6 Å². The molecule has 0 bridgehead atoms. The van der Waals surface area contributed by atoms with Crippen LogP contribution < -0.4 is 11.5 Å².